The molecule has 1 fully saturated rings. The molecule has 5 heteroatoms. The van der Waals surface area contributed by atoms with Crippen molar-refractivity contribution in [2.24, 2.45) is 0 Å². The molecule has 1 aromatic rings. The molecule has 2 rings (SSSR count). The zero-order valence-corrected chi connectivity index (χ0v) is 12.9. The summed E-state index contributed by atoms with van der Waals surface area (Å²) in [5.41, 5.74) is 1.17. The summed E-state index contributed by atoms with van der Waals surface area (Å²) in [6, 6.07) is 7.89. The Morgan fingerprint density at radius 2 is 2.19 bits per heavy atom. The maximum absolute atomic E-state index is 12.2. The van der Waals surface area contributed by atoms with E-state index in [1.165, 1.54) is 5.56 Å². The number of carbonyl (C=O) groups is 1. The summed E-state index contributed by atoms with van der Waals surface area (Å²) < 4.78 is 5.20. The first kappa shape index (κ1) is 15.8. The summed E-state index contributed by atoms with van der Waals surface area (Å²) in [5.74, 6) is 0.966. The van der Waals surface area contributed by atoms with E-state index >= 15 is 0 Å². The van der Waals surface area contributed by atoms with Crippen molar-refractivity contribution in [3.63, 3.8) is 0 Å². The van der Waals surface area contributed by atoms with Crippen LogP contribution in [0.2, 0.25) is 0 Å². The van der Waals surface area contributed by atoms with Crippen molar-refractivity contribution in [1.82, 2.24) is 15.5 Å². The first-order chi connectivity index (χ1) is 10.2. The highest BCUT2D eigenvalue weighted by molar-refractivity contribution is 5.81. The van der Waals surface area contributed by atoms with Crippen LogP contribution >= 0.6 is 0 Å². The molecule has 1 aromatic carbocycles. The number of rotatable bonds is 6. The second kappa shape index (κ2) is 8.00. The Kier molecular flexibility index (Phi) is 6.02. The number of carbonyl (C=O) groups excluding carboxylic acids is 1. The summed E-state index contributed by atoms with van der Waals surface area (Å²) in [7, 11) is 1.66. The molecule has 0 aromatic heterocycles. The number of hydrogen-bond acceptors (Lipinski definition) is 4. The van der Waals surface area contributed by atoms with Gasteiger partial charge in [0.05, 0.1) is 13.2 Å². The molecule has 0 bridgehead atoms. The van der Waals surface area contributed by atoms with Crippen molar-refractivity contribution >= 4 is 5.91 Å². The fourth-order valence-electron chi connectivity index (χ4n) is 2.54. The van der Waals surface area contributed by atoms with Gasteiger partial charge in [-0.1, -0.05) is 12.1 Å². The third kappa shape index (κ3) is 4.72. The average molecular weight is 291 g/mol. The van der Waals surface area contributed by atoms with Gasteiger partial charge < -0.3 is 15.4 Å². The molecule has 0 saturated carbocycles. The molecule has 1 atom stereocenters. The number of hydrogen-bond donors (Lipinski definition) is 2. The summed E-state index contributed by atoms with van der Waals surface area (Å²) in [6.07, 6.45) is 0.817. The lowest BCUT2D eigenvalue weighted by molar-refractivity contribution is -0.126. The molecule has 1 aliphatic heterocycles. The van der Waals surface area contributed by atoms with Crippen LogP contribution in [-0.2, 0) is 11.2 Å². The van der Waals surface area contributed by atoms with Gasteiger partial charge in [0.25, 0.3) is 0 Å². The number of nitrogens with zero attached hydrogens (tertiary/aromatic N) is 1. The van der Waals surface area contributed by atoms with Crippen LogP contribution in [0, 0.1) is 0 Å². The summed E-state index contributed by atoms with van der Waals surface area (Å²) in [4.78, 5) is 14.4. The Bertz CT molecular complexity index is 459. The fraction of sp³-hybridized carbons (Fsp3) is 0.562. The highest BCUT2D eigenvalue weighted by Crippen LogP contribution is 2.12. The molecule has 1 amide bonds. The molecule has 5 nitrogen and oxygen atoms in total. The Morgan fingerprint density at radius 1 is 1.43 bits per heavy atom. The second-order valence-electron chi connectivity index (χ2n) is 5.35. The Balaban J connectivity index is 1.75. The van der Waals surface area contributed by atoms with Crippen molar-refractivity contribution in [3.8, 4) is 5.75 Å². The van der Waals surface area contributed by atoms with E-state index in [0.717, 1.165) is 38.3 Å². The van der Waals surface area contributed by atoms with Gasteiger partial charge in [0.2, 0.25) is 5.91 Å². The average Bonchev–Trinajstić information content (AvgIpc) is 2.55. The Hall–Kier alpha value is -1.59. The van der Waals surface area contributed by atoms with Gasteiger partial charge in [-0.05, 0) is 31.0 Å². The van der Waals surface area contributed by atoms with Crippen molar-refractivity contribution in [2.75, 3.05) is 39.8 Å². The predicted molar refractivity (Wildman–Crippen MR) is 83.6 cm³/mol. The third-order valence-corrected chi connectivity index (χ3v) is 3.93. The van der Waals surface area contributed by atoms with Gasteiger partial charge in [-0.15, -0.1) is 0 Å². The van der Waals surface area contributed by atoms with Crippen LogP contribution in [0.1, 0.15) is 12.5 Å². The van der Waals surface area contributed by atoms with Crippen LogP contribution in [0.3, 0.4) is 0 Å². The highest BCUT2D eigenvalue weighted by Gasteiger charge is 2.22. The molecule has 1 heterocycles. The van der Waals surface area contributed by atoms with Crippen molar-refractivity contribution in [3.05, 3.63) is 29.8 Å². The Morgan fingerprint density at radius 3 is 2.90 bits per heavy atom. The lowest BCUT2D eigenvalue weighted by Crippen LogP contribution is -2.52. The second-order valence-corrected chi connectivity index (χ2v) is 5.35. The lowest BCUT2D eigenvalue weighted by Gasteiger charge is -2.31. The molecule has 0 radical (unpaired) electrons. The minimum Gasteiger partial charge on any atom is -0.497 e. The number of piperazine rings is 1. The van der Waals surface area contributed by atoms with Gasteiger partial charge in [0.15, 0.2) is 0 Å². The standard InChI is InChI=1S/C16H25N3O2/c1-13(19-10-8-17-9-11-19)16(20)18-7-6-14-4-3-5-15(12-14)21-2/h3-5,12-13,17H,6-11H2,1-2H3,(H,18,20). The largest absolute Gasteiger partial charge is 0.497 e. The quantitative estimate of drug-likeness (QED) is 0.808. The summed E-state index contributed by atoms with van der Waals surface area (Å²) in [6.45, 7) is 6.42. The van der Waals surface area contributed by atoms with E-state index in [9.17, 15) is 4.79 Å². The van der Waals surface area contributed by atoms with Crippen LogP contribution in [0.5, 0.6) is 5.75 Å². The van der Waals surface area contributed by atoms with Crippen LogP contribution in [0.25, 0.3) is 0 Å². The SMILES string of the molecule is COc1cccc(CCNC(=O)C(C)N2CCNCC2)c1. The molecular weight excluding hydrogens is 266 g/mol. The predicted octanol–water partition coefficient (Wildman–Crippen LogP) is 0.648. The van der Waals surface area contributed by atoms with E-state index in [4.69, 9.17) is 4.74 Å². The summed E-state index contributed by atoms with van der Waals surface area (Å²) in [5, 5.41) is 6.32. The number of ether oxygens (including phenoxy) is 1. The molecule has 0 aliphatic carbocycles. The van der Waals surface area contributed by atoms with E-state index in [1.807, 2.05) is 25.1 Å². The van der Waals surface area contributed by atoms with Crippen LogP contribution in [-0.4, -0.2) is 56.7 Å². The minimum atomic E-state index is -0.0580. The summed E-state index contributed by atoms with van der Waals surface area (Å²) >= 11 is 0. The first-order valence-electron chi connectivity index (χ1n) is 7.56. The molecular formula is C16H25N3O2. The molecule has 2 N–H and O–H groups in total. The third-order valence-electron chi connectivity index (χ3n) is 3.93. The molecule has 1 aliphatic rings. The van der Waals surface area contributed by atoms with Gasteiger partial charge in [-0.3, -0.25) is 9.69 Å². The van der Waals surface area contributed by atoms with Crippen molar-refractivity contribution < 1.29 is 9.53 Å². The van der Waals surface area contributed by atoms with Gasteiger partial charge in [0.1, 0.15) is 5.75 Å². The normalized spacial score (nSPS) is 17.2. The van der Waals surface area contributed by atoms with Gasteiger partial charge >= 0.3 is 0 Å². The maximum Gasteiger partial charge on any atom is 0.237 e. The van der Waals surface area contributed by atoms with E-state index in [2.05, 4.69) is 21.6 Å². The van der Waals surface area contributed by atoms with Crippen LogP contribution in [0.4, 0.5) is 0 Å². The van der Waals surface area contributed by atoms with Crippen LogP contribution in [0.15, 0.2) is 24.3 Å². The Labute approximate surface area is 126 Å². The van der Waals surface area contributed by atoms with Crippen LogP contribution < -0.4 is 15.4 Å². The molecule has 116 valence electrons. The van der Waals surface area contributed by atoms with Gasteiger partial charge in [0, 0.05) is 32.7 Å². The number of methoxy groups -OCH3 is 1. The first-order valence-corrected chi connectivity index (χ1v) is 7.56. The van der Waals surface area contributed by atoms with E-state index < -0.39 is 0 Å². The van der Waals surface area contributed by atoms with Crippen molar-refractivity contribution in [2.45, 2.75) is 19.4 Å². The fourth-order valence-corrected chi connectivity index (χ4v) is 2.54. The zero-order valence-electron chi connectivity index (χ0n) is 12.9. The molecule has 21 heavy (non-hydrogen) atoms. The highest BCUT2D eigenvalue weighted by atomic mass is 16.5. The number of nitrogens with one attached hydrogen (secondary N) is 2. The zero-order chi connectivity index (χ0) is 15.1. The van der Waals surface area contributed by atoms with E-state index in [-0.39, 0.29) is 11.9 Å². The molecule has 1 saturated heterocycles. The number of amides is 1. The van der Waals surface area contributed by atoms with E-state index in [1.54, 1.807) is 7.11 Å². The lowest BCUT2D eigenvalue weighted by atomic mass is 10.1. The van der Waals surface area contributed by atoms with Crippen molar-refractivity contribution in [1.29, 1.82) is 0 Å². The minimum absolute atomic E-state index is 0.0580. The topological polar surface area (TPSA) is 53.6 Å². The van der Waals surface area contributed by atoms with E-state index in [0.29, 0.717) is 6.54 Å². The monoisotopic (exact) mass is 291 g/mol. The molecule has 1 unspecified atom stereocenters. The maximum atomic E-state index is 12.2. The van der Waals surface area contributed by atoms with Gasteiger partial charge in [-0.25, -0.2) is 0 Å². The molecule has 0 spiro atoms. The smallest absolute Gasteiger partial charge is 0.237 e. The van der Waals surface area contributed by atoms with Gasteiger partial charge in [-0.2, -0.15) is 0 Å². The number of benzene rings is 1.